The van der Waals surface area contributed by atoms with Crippen LogP contribution in [0, 0.1) is 5.92 Å². The molecule has 4 nitrogen and oxygen atoms in total. The van der Waals surface area contributed by atoms with Crippen LogP contribution in [0.2, 0.25) is 0 Å². The van der Waals surface area contributed by atoms with E-state index in [1.807, 2.05) is 12.1 Å². The van der Waals surface area contributed by atoms with E-state index in [1.54, 1.807) is 0 Å². The molecule has 1 amide bonds. The summed E-state index contributed by atoms with van der Waals surface area (Å²) in [6.45, 7) is 6.49. The van der Waals surface area contributed by atoms with Crippen LogP contribution in [-0.2, 0) is 26.2 Å². The number of carbonyl (C=O) groups excluding carboxylic acids is 2. The Morgan fingerprint density at radius 2 is 1.82 bits per heavy atom. The van der Waals surface area contributed by atoms with Gasteiger partial charge in [-0.3, -0.25) is 4.79 Å². The van der Waals surface area contributed by atoms with Gasteiger partial charge in [0, 0.05) is 12.3 Å². The summed E-state index contributed by atoms with van der Waals surface area (Å²) >= 11 is 0. The second-order valence-corrected chi connectivity index (χ2v) is 7.01. The van der Waals surface area contributed by atoms with Crippen LogP contribution in [0.4, 0.5) is 0 Å². The molecule has 120 valence electrons. The molecule has 0 heterocycles. The molecule has 2 rings (SSSR count). The summed E-state index contributed by atoms with van der Waals surface area (Å²) < 4.78 is 4.81. The highest BCUT2D eigenvalue weighted by Gasteiger charge is 2.33. The molecule has 4 heteroatoms. The molecule has 1 N–H and O–H groups in total. The van der Waals surface area contributed by atoms with Gasteiger partial charge in [-0.25, -0.2) is 4.79 Å². The van der Waals surface area contributed by atoms with Crippen molar-refractivity contribution in [3.05, 3.63) is 35.4 Å². The highest BCUT2D eigenvalue weighted by atomic mass is 16.5. The van der Waals surface area contributed by atoms with E-state index in [0.29, 0.717) is 6.42 Å². The Labute approximate surface area is 132 Å². The lowest BCUT2D eigenvalue weighted by atomic mass is 9.86. The first-order valence-corrected chi connectivity index (χ1v) is 7.79. The molecule has 0 spiro atoms. The molecule has 1 fully saturated rings. The molecule has 1 aromatic rings. The van der Waals surface area contributed by atoms with Crippen LogP contribution in [0.25, 0.3) is 0 Å². The largest absolute Gasteiger partial charge is 0.467 e. The minimum atomic E-state index is -0.612. The number of ether oxygens (including phenoxy) is 1. The van der Waals surface area contributed by atoms with Crippen molar-refractivity contribution < 1.29 is 14.3 Å². The molecule has 1 aromatic carbocycles. The summed E-state index contributed by atoms with van der Waals surface area (Å²) in [6.07, 6.45) is 2.29. The second kappa shape index (κ2) is 6.51. The standard InChI is InChI=1S/C18H25NO3/c1-18(2,3)14-9-5-12(6-10-14)11-15(17(21)22-4)19-16(20)13-7-8-13/h5-6,9-10,13,15H,7-8,11H2,1-4H3,(H,19,20)/t15-/m1/s1. The highest BCUT2D eigenvalue weighted by molar-refractivity contribution is 5.87. The van der Waals surface area contributed by atoms with E-state index < -0.39 is 12.0 Å². The van der Waals surface area contributed by atoms with Crippen molar-refractivity contribution in [3.8, 4) is 0 Å². The van der Waals surface area contributed by atoms with Crippen LogP contribution in [0.3, 0.4) is 0 Å². The van der Waals surface area contributed by atoms with Crippen molar-refractivity contribution in [2.45, 2.75) is 51.5 Å². The third-order valence-corrected chi connectivity index (χ3v) is 4.01. The molecular weight excluding hydrogens is 278 g/mol. The van der Waals surface area contributed by atoms with Gasteiger partial charge in [0.25, 0.3) is 0 Å². The highest BCUT2D eigenvalue weighted by Crippen LogP contribution is 2.29. The molecule has 1 saturated carbocycles. The van der Waals surface area contributed by atoms with E-state index in [4.69, 9.17) is 4.74 Å². The van der Waals surface area contributed by atoms with Gasteiger partial charge in [0.1, 0.15) is 6.04 Å². The fourth-order valence-corrected chi connectivity index (χ4v) is 2.35. The van der Waals surface area contributed by atoms with E-state index in [9.17, 15) is 9.59 Å². The SMILES string of the molecule is COC(=O)[C@@H](Cc1ccc(C(C)(C)C)cc1)NC(=O)C1CC1. The fourth-order valence-electron chi connectivity index (χ4n) is 2.35. The molecule has 1 atom stereocenters. The number of hydrogen-bond acceptors (Lipinski definition) is 3. The van der Waals surface area contributed by atoms with Gasteiger partial charge in [-0.05, 0) is 29.4 Å². The molecule has 0 radical (unpaired) electrons. The Morgan fingerprint density at radius 3 is 2.27 bits per heavy atom. The average molecular weight is 303 g/mol. The zero-order valence-electron chi connectivity index (χ0n) is 13.8. The van der Waals surface area contributed by atoms with Crippen LogP contribution in [0.15, 0.2) is 24.3 Å². The monoisotopic (exact) mass is 303 g/mol. The van der Waals surface area contributed by atoms with Crippen molar-refractivity contribution in [1.29, 1.82) is 0 Å². The van der Waals surface area contributed by atoms with E-state index in [0.717, 1.165) is 18.4 Å². The molecule has 0 saturated heterocycles. The zero-order valence-corrected chi connectivity index (χ0v) is 13.8. The third kappa shape index (κ3) is 4.33. The van der Waals surface area contributed by atoms with Gasteiger partial charge in [0.05, 0.1) is 7.11 Å². The normalized spacial score (nSPS) is 16.0. The van der Waals surface area contributed by atoms with Crippen LogP contribution in [-0.4, -0.2) is 25.0 Å². The van der Waals surface area contributed by atoms with Crippen molar-refractivity contribution in [2.24, 2.45) is 5.92 Å². The lowest BCUT2D eigenvalue weighted by Gasteiger charge is -2.20. The first-order chi connectivity index (χ1) is 10.3. The number of carbonyl (C=O) groups is 2. The average Bonchev–Trinajstić information content (AvgIpc) is 3.30. The van der Waals surface area contributed by atoms with Crippen LogP contribution < -0.4 is 5.32 Å². The van der Waals surface area contributed by atoms with E-state index in [-0.39, 0.29) is 17.2 Å². The van der Waals surface area contributed by atoms with Gasteiger partial charge < -0.3 is 10.1 Å². The lowest BCUT2D eigenvalue weighted by Crippen LogP contribution is -2.43. The first kappa shape index (κ1) is 16.5. The van der Waals surface area contributed by atoms with E-state index in [1.165, 1.54) is 12.7 Å². The van der Waals surface area contributed by atoms with Gasteiger partial charge >= 0.3 is 5.97 Å². The summed E-state index contributed by atoms with van der Waals surface area (Å²) in [5, 5.41) is 2.81. The number of nitrogens with one attached hydrogen (secondary N) is 1. The van der Waals surface area contributed by atoms with Gasteiger partial charge in [-0.15, -0.1) is 0 Å². The minimum absolute atomic E-state index is 0.0401. The Bertz CT molecular complexity index is 538. The van der Waals surface area contributed by atoms with Crippen molar-refractivity contribution in [3.63, 3.8) is 0 Å². The quantitative estimate of drug-likeness (QED) is 0.851. The molecule has 22 heavy (non-hydrogen) atoms. The van der Waals surface area contributed by atoms with Crippen LogP contribution in [0.5, 0.6) is 0 Å². The summed E-state index contributed by atoms with van der Waals surface area (Å²) in [5.74, 6) is -0.356. The Kier molecular flexibility index (Phi) is 4.89. The van der Waals surface area contributed by atoms with E-state index >= 15 is 0 Å². The third-order valence-electron chi connectivity index (χ3n) is 4.01. The molecule has 0 aliphatic heterocycles. The summed E-state index contributed by atoms with van der Waals surface area (Å²) in [7, 11) is 1.35. The number of methoxy groups -OCH3 is 1. The van der Waals surface area contributed by atoms with Gasteiger partial charge in [-0.1, -0.05) is 45.0 Å². The Morgan fingerprint density at radius 1 is 1.23 bits per heavy atom. The predicted octanol–water partition coefficient (Wildman–Crippen LogP) is 2.59. The van der Waals surface area contributed by atoms with Gasteiger partial charge in [-0.2, -0.15) is 0 Å². The molecule has 0 bridgehead atoms. The molecule has 1 aliphatic rings. The van der Waals surface area contributed by atoms with Gasteiger partial charge in [0.15, 0.2) is 0 Å². The molecule has 1 aliphatic carbocycles. The smallest absolute Gasteiger partial charge is 0.328 e. The van der Waals surface area contributed by atoms with Crippen LogP contribution in [0.1, 0.15) is 44.7 Å². The zero-order chi connectivity index (χ0) is 16.3. The molecule has 0 unspecified atom stereocenters. The summed E-state index contributed by atoms with van der Waals surface area (Å²) in [6, 6.07) is 7.57. The predicted molar refractivity (Wildman–Crippen MR) is 85.5 cm³/mol. The Balaban J connectivity index is 2.05. The fraction of sp³-hybridized carbons (Fsp3) is 0.556. The number of amides is 1. The first-order valence-electron chi connectivity index (χ1n) is 7.79. The van der Waals surface area contributed by atoms with Crippen molar-refractivity contribution in [2.75, 3.05) is 7.11 Å². The number of rotatable bonds is 5. The lowest BCUT2D eigenvalue weighted by molar-refractivity contribution is -0.145. The summed E-state index contributed by atoms with van der Waals surface area (Å²) in [5.41, 5.74) is 2.35. The maximum atomic E-state index is 11.9. The molecule has 0 aromatic heterocycles. The maximum Gasteiger partial charge on any atom is 0.328 e. The van der Waals surface area contributed by atoms with Gasteiger partial charge in [0.2, 0.25) is 5.91 Å². The number of benzene rings is 1. The number of hydrogen-bond donors (Lipinski definition) is 1. The maximum absolute atomic E-state index is 11.9. The second-order valence-electron chi connectivity index (χ2n) is 7.01. The van der Waals surface area contributed by atoms with E-state index in [2.05, 4.69) is 38.2 Å². The summed E-state index contributed by atoms with van der Waals surface area (Å²) in [4.78, 5) is 23.8. The Hall–Kier alpha value is -1.84. The van der Waals surface area contributed by atoms with Crippen LogP contribution >= 0.6 is 0 Å². The number of esters is 1. The van der Waals surface area contributed by atoms with Crippen molar-refractivity contribution in [1.82, 2.24) is 5.32 Å². The van der Waals surface area contributed by atoms with Crippen molar-refractivity contribution >= 4 is 11.9 Å². The minimum Gasteiger partial charge on any atom is -0.467 e. The molecular formula is C18H25NO3. The topological polar surface area (TPSA) is 55.4 Å².